The summed E-state index contributed by atoms with van der Waals surface area (Å²) in [6, 6.07) is 0.432. The van der Waals surface area contributed by atoms with E-state index in [9.17, 15) is 4.79 Å². The van der Waals surface area contributed by atoms with Crippen molar-refractivity contribution in [3.8, 4) is 0 Å². The first kappa shape index (κ1) is 12.0. The van der Waals surface area contributed by atoms with Crippen LogP contribution < -0.4 is 11.1 Å². The number of nitrogens with one attached hydrogen (secondary N) is 1. The van der Waals surface area contributed by atoms with Gasteiger partial charge in [-0.15, -0.1) is 0 Å². The fourth-order valence-corrected chi connectivity index (χ4v) is 2.23. The first-order valence-corrected chi connectivity index (χ1v) is 5.97. The van der Waals surface area contributed by atoms with Gasteiger partial charge < -0.3 is 11.1 Å². The molecule has 2 rings (SSSR count). The van der Waals surface area contributed by atoms with Crippen LogP contribution in [0.15, 0.2) is 4.63 Å². The number of primary amides is 1. The van der Waals surface area contributed by atoms with Crippen LogP contribution in [0.2, 0.25) is 0 Å². The van der Waals surface area contributed by atoms with Crippen molar-refractivity contribution in [2.75, 3.05) is 0 Å². The van der Waals surface area contributed by atoms with Gasteiger partial charge in [0, 0.05) is 18.5 Å². The smallest absolute Gasteiger partial charge is 0.220 e. The maximum atomic E-state index is 11.0. The molecule has 1 aromatic rings. The molecule has 1 fully saturated rings. The molecule has 6 nitrogen and oxygen atoms in total. The number of carbonyl (C=O) groups is 1. The highest BCUT2D eigenvalue weighted by Gasteiger charge is 2.24. The lowest BCUT2D eigenvalue weighted by Gasteiger charge is -2.27. The Kier molecular flexibility index (Phi) is 3.73. The highest BCUT2D eigenvalue weighted by atomic mass is 16.6. The predicted octanol–water partition coefficient (Wildman–Crippen LogP) is 0.512. The average molecular weight is 238 g/mol. The Morgan fingerprint density at radius 3 is 2.65 bits per heavy atom. The summed E-state index contributed by atoms with van der Waals surface area (Å²) >= 11 is 0. The van der Waals surface area contributed by atoms with Crippen LogP contribution in [0.1, 0.15) is 37.1 Å². The summed E-state index contributed by atoms with van der Waals surface area (Å²) in [6.07, 6.45) is 3.72. The van der Waals surface area contributed by atoms with E-state index in [2.05, 4.69) is 20.3 Å². The van der Waals surface area contributed by atoms with E-state index in [1.165, 1.54) is 0 Å². The molecule has 0 aromatic carbocycles. The van der Waals surface area contributed by atoms with Crippen LogP contribution >= 0.6 is 0 Å². The van der Waals surface area contributed by atoms with Crippen LogP contribution in [0.4, 0.5) is 0 Å². The average Bonchev–Trinajstić information content (AvgIpc) is 2.73. The van der Waals surface area contributed by atoms with Crippen molar-refractivity contribution in [3.63, 3.8) is 0 Å². The Hall–Kier alpha value is -1.43. The lowest BCUT2D eigenvalue weighted by atomic mass is 9.85. The van der Waals surface area contributed by atoms with E-state index in [-0.39, 0.29) is 11.8 Å². The molecule has 0 atom stereocenters. The van der Waals surface area contributed by atoms with Crippen LogP contribution in [-0.2, 0) is 11.3 Å². The molecule has 1 aliphatic carbocycles. The minimum atomic E-state index is -0.167. The van der Waals surface area contributed by atoms with Gasteiger partial charge in [0.2, 0.25) is 5.91 Å². The molecule has 0 aliphatic heterocycles. The molecule has 1 saturated carbocycles. The van der Waals surface area contributed by atoms with E-state index in [4.69, 9.17) is 5.73 Å². The number of nitrogens with zero attached hydrogens (tertiary/aromatic N) is 2. The summed E-state index contributed by atoms with van der Waals surface area (Å²) in [7, 11) is 0. The van der Waals surface area contributed by atoms with E-state index in [1.807, 2.05) is 6.92 Å². The van der Waals surface area contributed by atoms with Gasteiger partial charge in [-0.05, 0) is 32.6 Å². The molecule has 6 heteroatoms. The second-order valence-electron chi connectivity index (χ2n) is 4.63. The van der Waals surface area contributed by atoms with Crippen LogP contribution in [0.5, 0.6) is 0 Å². The van der Waals surface area contributed by atoms with Gasteiger partial charge in [0.25, 0.3) is 0 Å². The van der Waals surface area contributed by atoms with Gasteiger partial charge in [-0.3, -0.25) is 4.79 Å². The number of nitrogens with two attached hydrogens (primary N) is 1. The molecule has 1 heterocycles. The van der Waals surface area contributed by atoms with Gasteiger partial charge in [-0.2, -0.15) is 0 Å². The Morgan fingerprint density at radius 2 is 2.12 bits per heavy atom. The number of rotatable bonds is 4. The molecule has 1 aromatic heterocycles. The normalized spacial score (nSPS) is 24.8. The van der Waals surface area contributed by atoms with Gasteiger partial charge in [0.1, 0.15) is 11.4 Å². The van der Waals surface area contributed by atoms with Gasteiger partial charge in [-0.1, -0.05) is 10.3 Å². The van der Waals surface area contributed by atoms with Gasteiger partial charge in [0.15, 0.2) is 0 Å². The van der Waals surface area contributed by atoms with Gasteiger partial charge in [-0.25, -0.2) is 4.63 Å². The molecule has 1 amide bonds. The van der Waals surface area contributed by atoms with E-state index in [0.29, 0.717) is 12.6 Å². The number of aryl methyl sites for hydroxylation is 1. The molecular formula is C11H18N4O2. The maximum Gasteiger partial charge on any atom is 0.220 e. The Morgan fingerprint density at radius 1 is 1.41 bits per heavy atom. The second-order valence-corrected chi connectivity index (χ2v) is 4.63. The largest absolute Gasteiger partial charge is 0.369 e. The van der Waals surface area contributed by atoms with Crippen molar-refractivity contribution in [1.29, 1.82) is 0 Å². The number of aromatic nitrogens is 2. The summed E-state index contributed by atoms with van der Waals surface area (Å²) in [4.78, 5) is 11.0. The zero-order valence-corrected chi connectivity index (χ0v) is 9.98. The Balaban J connectivity index is 1.75. The van der Waals surface area contributed by atoms with E-state index in [1.54, 1.807) is 0 Å². The topological polar surface area (TPSA) is 94.0 Å². The zero-order valence-electron chi connectivity index (χ0n) is 9.98. The molecule has 0 saturated heterocycles. The second kappa shape index (κ2) is 5.27. The number of carbonyl (C=O) groups excluding carboxylic acids is 1. The van der Waals surface area contributed by atoms with Crippen molar-refractivity contribution >= 4 is 5.91 Å². The minimum absolute atomic E-state index is 0.0588. The third-order valence-electron chi connectivity index (χ3n) is 3.43. The first-order chi connectivity index (χ1) is 8.16. The SMILES string of the molecule is Cc1nonc1CNC1CCC(C(N)=O)CC1. The lowest BCUT2D eigenvalue weighted by Crippen LogP contribution is -2.36. The number of amides is 1. The molecule has 94 valence electrons. The summed E-state index contributed by atoms with van der Waals surface area (Å²) in [5.41, 5.74) is 6.97. The molecule has 17 heavy (non-hydrogen) atoms. The summed E-state index contributed by atoms with van der Waals surface area (Å²) < 4.78 is 4.63. The summed E-state index contributed by atoms with van der Waals surface area (Å²) in [5.74, 6) is -0.108. The standard InChI is InChI=1S/C11H18N4O2/c1-7-10(15-17-14-7)6-13-9-4-2-8(3-5-9)11(12)16/h8-9,13H,2-6H2,1H3,(H2,12,16). The molecular weight excluding hydrogens is 220 g/mol. The molecule has 0 spiro atoms. The molecule has 0 bridgehead atoms. The zero-order chi connectivity index (χ0) is 12.3. The van der Waals surface area contributed by atoms with E-state index >= 15 is 0 Å². The van der Waals surface area contributed by atoms with Crippen molar-refractivity contribution in [1.82, 2.24) is 15.6 Å². The molecule has 1 aliphatic rings. The van der Waals surface area contributed by atoms with Crippen molar-refractivity contribution in [2.45, 2.75) is 45.2 Å². The van der Waals surface area contributed by atoms with Crippen LogP contribution in [0.25, 0.3) is 0 Å². The van der Waals surface area contributed by atoms with Crippen LogP contribution in [0.3, 0.4) is 0 Å². The molecule has 0 unspecified atom stereocenters. The van der Waals surface area contributed by atoms with Gasteiger partial charge in [0.05, 0.1) is 0 Å². The lowest BCUT2D eigenvalue weighted by molar-refractivity contribution is -0.122. The monoisotopic (exact) mass is 238 g/mol. The quantitative estimate of drug-likeness (QED) is 0.797. The van der Waals surface area contributed by atoms with E-state index in [0.717, 1.165) is 37.1 Å². The third-order valence-corrected chi connectivity index (χ3v) is 3.43. The van der Waals surface area contributed by atoms with Crippen LogP contribution in [0, 0.1) is 12.8 Å². The third kappa shape index (κ3) is 3.03. The Bertz CT molecular complexity index is 383. The predicted molar refractivity (Wildman–Crippen MR) is 60.8 cm³/mol. The molecule has 3 N–H and O–H groups in total. The maximum absolute atomic E-state index is 11.0. The van der Waals surface area contributed by atoms with Crippen molar-refractivity contribution in [2.24, 2.45) is 11.7 Å². The minimum Gasteiger partial charge on any atom is -0.369 e. The number of hydrogen-bond acceptors (Lipinski definition) is 5. The summed E-state index contributed by atoms with van der Waals surface area (Å²) in [6.45, 7) is 2.54. The van der Waals surface area contributed by atoms with Crippen molar-refractivity contribution in [3.05, 3.63) is 11.4 Å². The van der Waals surface area contributed by atoms with Gasteiger partial charge >= 0.3 is 0 Å². The number of hydrogen-bond donors (Lipinski definition) is 2. The highest BCUT2D eigenvalue weighted by molar-refractivity contribution is 5.76. The summed E-state index contributed by atoms with van der Waals surface area (Å²) in [5, 5.41) is 11.0. The van der Waals surface area contributed by atoms with E-state index < -0.39 is 0 Å². The molecule has 0 radical (unpaired) electrons. The Labute approximate surface area is 99.9 Å². The fourth-order valence-electron chi connectivity index (χ4n) is 2.23. The highest BCUT2D eigenvalue weighted by Crippen LogP contribution is 2.24. The van der Waals surface area contributed by atoms with Crippen molar-refractivity contribution < 1.29 is 9.42 Å². The first-order valence-electron chi connectivity index (χ1n) is 5.97. The fraction of sp³-hybridized carbons (Fsp3) is 0.727. The van der Waals surface area contributed by atoms with Crippen LogP contribution in [-0.4, -0.2) is 22.3 Å².